The number of benzene rings is 1. The van der Waals surface area contributed by atoms with Crippen LogP contribution >= 0.6 is 0 Å². The molecule has 0 spiro atoms. The molecule has 7 heteroatoms. The van der Waals surface area contributed by atoms with Gasteiger partial charge in [0.15, 0.2) is 11.6 Å². The first-order valence-corrected chi connectivity index (χ1v) is 4.72. The summed E-state index contributed by atoms with van der Waals surface area (Å²) in [6, 6.07) is 7.14. The Balaban J connectivity index is 2.02. The van der Waals surface area contributed by atoms with Crippen LogP contribution in [0.15, 0.2) is 36.5 Å². The zero-order chi connectivity index (χ0) is 12.3. The van der Waals surface area contributed by atoms with Crippen LogP contribution in [0.4, 0.5) is 10.2 Å². The van der Waals surface area contributed by atoms with Crippen molar-refractivity contribution < 1.29 is 14.1 Å². The molecule has 0 fully saturated rings. The van der Waals surface area contributed by atoms with Gasteiger partial charge in [0.1, 0.15) is 0 Å². The van der Waals surface area contributed by atoms with Crippen LogP contribution in [0.1, 0.15) is 0 Å². The van der Waals surface area contributed by atoms with E-state index < -0.39 is 10.7 Å². The summed E-state index contributed by atoms with van der Waals surface area (Å²) in [7, 11) is 0. The van der Waals surface area contributed by atoms with Gasteiger partial charge in [-0.1, -0.05) is 12.1 Å². The van der Waals surface area contributed by atoms with Crippen molar-refractivity contribution in [2.24, 2.45) is 0 Å². The molecule has 0 saturated carbocycles. The number of ether oxygens (including phenoxy) is 1. The standard InChI is InChI=1S/C10H8FN3O3/c11-8-3-1-2-4-9(8)17-7-13-6-5-10(12-13)14(15)16/h1-6H,7H2. The Morgan fingerprint density at radius 1 is 1.41 bits per heavy atom. The molecule has 17 heavy (non-hydrogen) atoms. The maximum absolute atomic E-state index is 13.2. The third-order valence-electron chi connectivity index (χ3n) is 2.00. The maximum atomic E-state index is 13.2. The number of para-hydroxylation sites is 1. The highest BCUT2D eigenvalue weighted by Crippen LogP contribution is 2.16. The van der Waals surface area contributed by atoms with Crippen molar-refractivity contribution >= 4 is 5.82 Å². The predicted octanol–water partition coefficient (Wildman–Crippen LogP) is 1.97. The largest absolute Gasteiger partial charge is 0.466 e. The van der Waals surface area contributed by atoms with Crippen molar-refractivity contribution in [2.45, 2.75) is 6.73 Å². The minimum atomic E-state index is -0.612. The summed E-state index contributed by atoms with van der Waals surface area (Å²) < 4.78 is 19.5. The van der Waals surface area contributed by atoms with Gasteiger partial charge in [-0.2, -0.15) is 0 Å². The van der Waals surface area contributed by atoms with E-state index in [9.17, 15) is 14.5 Å². The molecule has 0 aliphatic rings. The average Bonchev–Trinajstić information content (AvgIpc) is 2.77. The lowest BCUT2D eigenvalue weighted by Gasteiger charge is -2.04. The van der Waals surface area contributed by atoms with E-state index in [0.29, 0.717) is 0 Å². The van der Waals surface area contributed by atoms with Crippen LogP contribution < -0.4 is 4.74 Å². The van der Waals surface area contributed by atoms with Crippen molar-refractivity contribution in [3.05, 3.63) is 52.5 Å². The Morgan fingerprint density at radius 3 is 2.82 bits per heavy atom. The van der Waals surface area contributed by atoms with Crippen LogP contribution in [-0.4, -0.2) is 14.7 Å². The van der Waals surface area contributed by atoms with Crippen LogP contribution in [0.25, 0.3) is 0 Å². The van der Waals surface area contributed by atoms with E-state index in [0.717, 1.165) is 0 Å². The molecule has 0 aliphatic heterocycles. The lowest BCUT2D eigenvalue weighted by Crippen LogP contribution is -2.06. The fraction of sp³-hybridized carbons (Fsp3) is 0.100. The van der Waals surface area contributed by atoms with E-state index in [1.807, 2.05) is 0 Å². The molecule has 0 radical (unpaired) electrons. The molecular formula is C10H8FN3O3. The molecule has 88 valence electrons. The average molecular weight is 237 g/mol. The van der Waals surface area contributed by atoms with Gasteiger partial charge in [0.25, 0.3) is 0 Å². The zero-order valence-electron chi connectivity index (χ0n) is 8.62. The molecule has 1 aromatic heterocycles. The van der Waals surface area contributed by atoms with E-state index in [-0.39, 0.29) is 18.3 Å². The van der Waals surface area contributed by atoms with Gasteiger partial charge in [0, 0.05) is 0 Å². The van der Waals surface area contributed by atoms with Gasteiger partial charge in [0.05, 0.1) is 17.4 Å². The number of rotatable bonds is 4. The number of hydrogen-bond donors (Lipinski definition) is 0. The Labute approximate surface area is 95.4 Å². The number of halogens is 1. The summed E-state index contributed by atoms with van der Waals surface area (Å²) in [5.74, 6) is -0.693. The fourth-order valence-electron chi connectivity index (χ4n) is 1.22. The monoisotopic (exact) mass is 237 g/mol. The van der Waals surface area contributed by atoms with E-state index in [1.54, 1.807) is 12.1 Å². The third-order valence-corrected chi connectivity index (χ3v) is 2.00. The summed E-state index contributed by atoms with van der Waals surface area (Å²) >= 11 is 0. The summed E-state index contributed by atoms with van der Waals surface area (Å²) in [5.41, 5.74) is 0. The predicted molar refractivity (Wildman–Crippen MR) is 55.9 cm³/mol. The molecule has 6 nitrogen and oxygen atoms in total. The molecule has 2 rings (SSSR count). The molecule has 1 aromatic carbocycles. The number of nitrogens with zero attached hydrogens (tertiary/aromatic N) is 3. The maximum Gasteiger partial charge on any atom is 0.390 e. The van der Waals surface area contributed by atoms with Crippen LogP contribution in [0.5, 0.6) is 5.75 Å². The second-order valence-electron chi connectivity index (χ2n) is 3.17. The molecule has 0 N–H and O–H groups in total. The zero-order valence-corrected chi connectivity index (χ0v) is 8.62. The minimum absolute atomic E-state index is 0.0747. The van der Waals surface area contributed by atoms with Gasteiger partial charge in [-0.15, -0.1) is 4.68 Å². The van der Waals surface area contributed by atoms with E-state index >= 15 is 0 Å². The smallest absolute Gasteiger partial charge is 0.390 e. The quantitative estimate of drug-likeness (QED) is 0.602. The second kappa shape index (κ2) is 4.60. The van der Waals surface area contributed by atoms with Crippen LogP contribution in [0.3, 0.4) is 0 Å². The van der Waals surface area contributed by atoms with Crippen molar-refractivity contribution in [3.8, 4) is 5.75 Å². The van der Waals surface area contributed by atoms with Crippen molar-refractivity contribution in [3.63, 3.8) is 0 Å². The van der Waals surface area contributed by atoms with Gasteiger partial charge in [-0.25, -0.2) is 4.39 Å². The number of hydrogen-bond acceptors (Lipinski definition) is 4. The van der Waals surface area contributed by atoms with Gasteiger partial charge in [-0.3, -0.25) is 0 Å². The Hall–Kier alpha value is -2.44. The lowest BCUT2D eigenvalue weighted by molar-refractivity contribution is -0.389. The molecule has 0 saturated heterocycles. The Bertz CT molecular complexity index is 541. The van der Waals surface area contributed by atoms with E-state index in [4.69, 9.17) is 4.74 Å². The lowest BCUT2D eigenvalue weighted by atomic mass is 10.3. The SMILES string of the molecule is O=[N+]([O-])c1ccn(COc2ccccc2F)n1. The van der Waals surface area contributed by atoms with E-state index in [2.05, 4.69) is 5.10 Å². The molecule has 0 aliphatic carbocycles. The first kappa shape index (κ1) is 11.1. The van der Waals surface area contributed by atoms with Crippen LogP contribution in [0.2, 0.25) is 0 Å². The highest BCUT2D eigenvalue weighted by atomic mass is 19.1. The minimum Gasteiger partial charge on any atom is -0.466 e. The Morgan fingerprint density at radius 2 is 2.18 bits per heavy atom. The third kappa shape index (κ3) is 2.57. The normalized spacial score (nSPS) is 10.2. The molecule has 0 unspecified atom stereocenters. The fourth-order valence-corrected chi connectivity index (χ4v) is 1.22. The number of aromatic nitrogens is 2. The highest BCUT2D eigenvalue weighted by molar-refractivity contribution is 5.23. The summed E-state index contributed by atoms with van der Waals surface area (Å²) in [5, 5.41) is 14.0. The van der Waals surface area contributed by atoms with Gasteiger partial charge in [0.2, 0.25) is 6.73 Å². The summed E-state index contributed by atoms with van der Waals surface area (Å²) in [6.45, 7) is -0.0885. The Kier molecular flexibility index (Phi) is 2.99. The molecule has 2 aromatic rings. The number of nitro groups is 1. The molecule has 1 heterocycles. The van der Waals surface area contributed by atoms with Gasteiger partial charge >= 0.3 is 5.82 Å². The molecule has 0 atom stereocenters. The van der Waals surface area contributed by atoms with Crippen LogP contribution in [-0.2, 0) is 6.73 Å². The first-order valence-electron chi connectivity index (χ1n) is 4.72. The van der Waals surface area contributed by atoms with Gasteiger partial charge in [-0.05, 0) is 17.1 Å². The summed E-state index contributed by atoms with van der Waals surface area (Å²) in [4.78, 5) is 9.76. The van der Waals surface area contributed by atoms with Crippen LogP contribution in [0, 0.1) is 15.9 Å². The molecule has 0 bridgehead atoms. The second-order valence-corrected chi connectivity index (χ2v) is 3.17. The first-order chi connectivity index (χ1) is 8.16. The molecular weight excluding hydrogens is 229 g/mol. The summed E-state index contributed by atoms with van der Waals surface area (Å²) in [6.07, 6.45) is 1.39. The van der Waals surface area contributed by atoms with Crippen molar-refractivity contribution in [2.75, 3.05) is 0 Å². The van der Waals surface area contributed by atoms with E-state index in [1.165, 1.54) is 29.1 Å². The van der Waals surface area contributed by atoms with Gasteiger partial charge < -0.3 is 14.9 Å². The van der Waals surface area contributed by atoms with Crippen molar-refractivity contribution in [1.29, 1.82) is 0 Å². The molecule has 0 amide bonds. The van der Waals surface area contributed by atoms with Crippen molar-refractivity contribution in [1.82, 2.24) is 9.78 Å². The highest BCUT2D eigenvalue weighted by Gasteiger charge is 2.11. The topological polar surface area (TPSA) is 70.2 Å².